The highest BCUT2D eigenvalue weighted by molar-refractivity contribution is 5.96. The second-order valence-electron chi connectivity index (χ2n) is 8.96. The van der Waals surface area contributed by atoms with Gasteiger partial charge in [-0.2, -0.15) is 0 Å². The topological polar surface area (TPSA) is 205 Å². The van der Waals surface area contributed by atoms with Crippen molar-refractivity contribution >= 4 is 29.6 Å². The number of carbonyl (C=O) groups excluding carboxylic acids is 4. The predicted octanol–water partition coefficient (Wildman–Crippen LogP) is -1.16. The van der Waals surface area contributed by atoms with Crippen molar-refractivity contribution in [1.29, 1.82) is 0 Å². The SMILES string of the molecule is CC(C)C(NC(=O)[C@@H](CC(=O)O)NC(=O)C(N)Cc1ccc(O)cc1)C(=O)N1CCCC1C(N)=O. The molecule has 2 rings (SSSR count). The molecule has 1 saturated heterocycles. The number of phenolic OH excluding ortho intramolecular Hbond substituents is 1. The van der Waals surface area contributed by atoms with Crippen LogP contribution in [0.5, 0.6) is 5.75 Å². The summed E-state index contributed by atoms with van der Waals surface area (Å²) in [4.78, 5) is 63.0. The van der Waals surface area contributed by atoms with E-state index < -0.39 is 66.1 Å². The van der Waals surface area contributed by atoms with Crippen LogP contribution in [0.15, 0.2) is 24.3 Å². The second kappa shape index (κ2) is 12.2. The van der Waals surface area contributed by atoms with E-state index in [2.05, 4.69) is 10.6 Å². The molecule has 1 heterocycles. The highest BCUT2D eigenvalue weighted by Crippen LogP contribution is 2.20. The lowest BCUT2D eigenvalue weighted by atomic mass is 10.0. The van der Waals surface area contributed by atoms with E-state index in [-0.39, 0.29) is 12.2 Å². The molecule has 1 aliphatic heterocycles. The van der Waals surface area contributed by atoms with Gasteiger partial charge in [0.05, 0.1) is 12.5 Å². The van der Waals surface area contributed by atoms with Crippen LogP contribution in [0.1, 0.15) is 38.7 Å². The van der Waals surface area contributed by atoms with Crippen LogP contribution in [-0.4, -0.2) is 75.4 Å². The Hall–Kier alpha value is -3.67. The van der Waals surface area contributed by atoms with Crippen molar-refractivity contribution in [3.8, 4) is 5.75 Å². The van der Waals surface area contributed by atoms with E-state index in [0.29, 0.717) is 24.9 Å². The Kier molecular flexibility index (Phi) is 9.58. The number of phenols is 1. The van der Waals surface area contributed by atoms with Gasteiger partial charge < -0.3 is 37.2 Å². The smallest absolute Gasteiger partial charge is 0.305 e. The Morgan fingerprint density at radius 1 is 1.09 bits per heavy atom. The first-order valence-electron chi connectivity index (χ1n) is 11.4. The largest absolute Gasteiger partial charge is 0.508 e. The Balaban J connectivity index is 2.11. The highest BCUT2D eigenvalue weighted by atomic mass is 16.4. The number of nitrogens with one attached hydrogen (secondary N) is 2. The highest BCUT2D eigenvalue weighted by Gasteiger charge is 2.39. The van der Waals surface area contributed by atoms with Crippen LogP contribution in [0.3, 0.4) is 0 Å². The average Bonchev–Trinajstić information content (AvgIpc) is 3.27. The van der Waals surface area contributed by atoms with Gasteiger partial charge in [0, 0.05) is 6.54 Å². The zero-order valence-corrected chi connectivity index (χ0v) is 19.8. The van der Waals surface area contributed by atoms with Gasteiger partial charge in [-0.05, 0) is 42.9 Å². The Bertz CT molecular complexity index is 950. The maximum absolute atomic E-state index is 13.1. The number of aromatic hydroxyl groups is 1. The van der Waals surface area contributed by atoms with Gasteiger partial charge in [0.25, 0.3) is 0 Å². The summed E-state index contributed by atoms with van der Waals surface area (Å²) in [6.45, 7) is 3.69. The van der Waals surface area contributed by atoms with Gasteiger partial charge in [-0.3, -0.25) is 24.0 Å². The molecule has 0 aliphatic carbocycles. The molecule has 0 bridgehead atoms. The summed E-state index contributed by atoms with van der Waals surface area (Å²) < 4.78 is 0. The number of aliphatic carboxylic acids is 1. The molecule has 1 aromatic rings. The summed E-state index contributed by atoms with van der Waals surface area (Å²) in [5, 5.41) is 23.5. The summed E-state index contributed by atoms with van der Waals surface area (Å²) in [5.41, 5.74) is 12.0. The molecule has 1 fully saturated rings. The fourth-order valence-corrected chi connectivity index (χ4v) is 3.91. The first-order chi connectivity index (χ1) is 16.4. The number of amides is 4. The number of carboxylic acid groups (broad SMARTS) is 1. The lowest BCUT2D eigenvalue weighted by Gasteiger charge is -2.31. The third-order valence-corrected chi connectivity index (χ3v) is 5.84. The molecule has 12 heteroatoms. The number of carboxylic acids is 1. The van der Waals surface area contributed by atoms with Crippen molar-refractivity contribution in [2.24, 2.45) is 17.4 Å². The zero-order valence-electron chi connectivity index (χ0n) is 19.8. The predicted molar refractivity (Wildman–Crippen MR) is 125 cm³/mol. The van der Waals surface area contributed by atoms with Crippen LogP contribution < -0.4 is 22.1 Å². The third kappa shape index (κ3) is 7.67. The number of carbonyl (C=O) groups is 5. The molecule has 0 aromatic heterocycles. The first-order valence-corrected chi connectivity index (χ1v) is 11.4. The average molecular weight is 492 g/mol. The van der Waals surface area contributed by atoms with Crippen LogP contribution in [0.2, 0.25) is 0 Å². The minimum atomic E-state index is -1.48. The first kappa shape index (κ1) is 27.6. The molecule has 35 heavy (non-hydrogen) atoms. The van der Waals surface area contributed by atoms with Crippen LogP contribution >= 0.6 is 0 Å². The molecule has 1 aromatic carbocycles. The number of hydrogen-bond donors (Lipinski definition) is 6. The number of hydrogen-bond acceptors (Lipinski definition) is 7. The fourth-order valence-electron chi connectivity index (χ4n) is 3.91. The number of nitrogens with two attached hydrogens (primary N) is 2. The molecule has 0 spiro atoms. The lowest BCUT2D eigenvalue weighted by Crippen LogP contribution is -2.59. The van der Waals surface area contributed by atoms with Gasteiger partial charge >= 0.3 is 5.97 Å². The maximum atomic E-state index is 13.1. The number of nitrogens with zero attached hydrogens (tertiary/aromatic N) is 1. The molecule has 1 aliphatic rings. The zero-order chi connectivity index (χ0) is 26.3. The van der Waals surface area contributed by atoms with E-state index in [1.165, 1.54) is 17.0 Å². The molecule has 0 radical (unpaired) electrons. The van der Waals surface area contributed by atoms with Crippen molar-refractivity contribution in [3.05, 3.63) is 29.8 Å². The monoisotopic (exact) mass is 491 g/mol. The fraction of sp³-hybridized carbons (Fsp3) is 0.522. The number of likely N-dealkylation sites (tertiary alicyclic amines) is 1. The molecule has 3 unspecified atom stereocenters. The van der Waals surface area contributed by atoms with E-state index in [0.717, 1.165) is 0 Å². The Labute approximate surface area is 203 Å². The van der Waals surface area contributed by atoms with Gasteiger partial charge in [0.2, 0.25) is 23.6 Å². The van der Waals surface area contributed by atoms with Crippen LogP contribution in [0.25, 0.3) is 0 Å². The Morgan fingerprint density at radius 2 is 1.71 bits per heavy atom. The molecule has 4 atom stereocenters. The van der Waals surface area contributed by atoms with Crippen molar-refractivity contribution in [2.45, 2.75) is 63.7 Å². The molecule has 4 amide bonds. The van der Waals surface area contributed by atoms with Crippen LogP contribution in [0.4, 0.5) is 0 Å². The number of benzene rings is 1. The normalized spacial score (nSPS) is 17.9. The summed E-state index contributed by atoms with van der Waals surface area (Å²) in [6, 6.07) is 1.65. The minimum absolute atomic E-state index is 0.0512. The van der Waals surface area contributed by atoms with E-state index >= 15 is 0 Å². The summed E-state index contributed by atoms with van der Waals surface area (Å²) >= 11 is 0. The standard InChI is InChI=1S/C23H33N5O7/c1-12(2)19(23(35)28-9-3-4-17(28)20(25)32)27-22(34)16(11-18(30)31)26-21(33)15(24)10-13-5-7-14(29)8-6-13/h5-8,12,15-17,19,29H,3-4,9-11,24H2,1-2H3,(H2,25,32)(H,26,33)(H,27,34)(H,30,31)/t15?,16-,17?,19?/m1/s1. The minimum Gasteiger partial charge on any atom is -0.508 e. The van der Waals surface area contributed by atoms with E-state index in [1.807, 2.05) is 0 Å². The number of rotatable bonds is 11. The molecular weight excluding hydrogens is 458 g/mol. The van der Waals surface area contributed by atoms with E-state index in [9.17, 15) is 34.2 Å². The third-order valence-electron chi connectivity index (χ3n) is 5.84. The summed E-state index contributed by atoms with van der Waals surface area (Å²) in [7, 11) is 0. The molecule has 192 valence electrons. The summed E-state index contributed by atoms with van der Waals surface area (Å²) in [6.07, 6.45) is 0.380. The van der Waals surface area contributed by atoms with Gasteiger partial charge in [0.1, 0.15) is 23.9 Å². The van der Waals surface area contributed by atoms with Gasteiger partial charge in [-0.1, -0.05) is 26.0 Å². The van der Waals surface area contributed by atoms with Crippen molar-refractivity contribution in [1.82, 2.24) is 15.5 Å². The lowest BCUT2D eigenvalue weighted by molar-refractivity contribution is -0.143. The number of primary amides is 1. The quantitative estimate of drug-likeness (QED) is 0.222. The van der Waals surface area contributed by atoms with Crippen molar-refractivity contribution in [2.75, 3.05) is 6.54 Å². The molecule has 0 saturated carbocycles. The van der Waals surface area contributed by atoms with E-state index in [1.54, 1.807) is 26.0 Å². The van der Waals surface area contributed by atoms with Gasteiger partial charge in [0.15, 0.2) is 0 Å². The summed E-state index contributed by atoms with van der Waals surface area (Å²) in [5.74, 6) is -4.42. The van der Waals surface area contributed by atoms with Gasteiger partial charge in [-0.25, -0.2) is 0 Å². The Morgan fingerprint density at radius 3 is 2.26 bits per heavy atom. The van der Waals surface area contributed by atoms with Crippen molar-refractivity contribution in [3.63, 3.8) is 0 Å². The second-order valence-corrected chi connectivity index (χ2v) is 8.96. The van der Waals surface area contributed by atoms with E-state index in [4.69, 9.17) is 11.5 Å². The maximum Gasteiger partial charge on any atom is 0.305 e. The molecular formula is C23H33N5O7. The van der Waals surface area contributed by atoms with Crippen molar-refractivity contribution < 1.29 is 34.2 Å². The van der Waals surface area contributed by atoms with Crippen LogP contribution in [-0.2, 0) is 30.4 Å². The van der Waals surface area contributed by atoms with Gasteiger partial charge in [-0.15, -0.1) is 0 Å². The van der Waals surface area contributed by atoms with Crippen LogP contribution in [0, 0.1) is 5.92 Å². The molecule has 12 nitrogen and oxygen atoms in total. The molecule has 8 N–H and O–H groups in total.